The zero-order chi connectivity index (χ0) is 11.1. The Bertz CT molecular complexity index is 431. The van der Waals surface area contributed by atoms with Crippen LogP contribution in [0.4, 0.5) is 5.69 Å². The van der Waals surface area contributed by atoms with Crippen molar-refractivity contribution in [1.29, 1.82) is 0 Å². The maximum atomic E-state index is 11.7. The second-order valence-corrected chi connectivity index (χ2v) is 3.62. The van der Waals surface area contributed by atoms with E-state index in [4.69, 9.17) is 0 Å². The molecule has 1 aliphatic rings. The van der Waals surface area contributed by atoms with Crippen molar-refractivity contribution in [3.8, 4) is 0 Å². The second-order valence-electron chi connectivity index (χ2n) is 3.62. The summed E-state index contributed by atoms with van der Waals surface area (Å²) < 4.78 is 4.66. The fraction of sp³-hybridized carbons (Fsp3) is 0.273. The summed E-state index contributed by atoms with van der Waals surface area (Å²) in [5, 5.41) is 2.66. The third-order valence-corrected chi connectivity index (χ3v) is 2.76. The lowest BCUT2D eigenvalue weighted by Crippen LogP contribution is -2.40. The van der Waals surface area contributed by atoms with Gasteiger partial charge in [0.05, 0.1) is 7.11 Å². The standard InChI is InChI=1S/C11H11NO3/c1-11(10(14)15-2)7-5-3-4-6-8(7)12-9(11)13/h3-6H,1-2H3,(H,12,13). The van der Waals surface area contributed by atoms with Crippen molar-refractivity contribution < 1.29 is 14.3 Å². The van der Waals surface area contributed by atoms with Crippen LogP contribution in [0.15, 0.2) is 24.3 Å². The molecule has 0 saturated carbocycles. The van der Waals surface area contributed by atoms with E-state index in [1.165, 1.54) is 7.11 Å². The minimum absolute atomic E-state index is 0.337. The highest BCUT2D eigenvalue weighted by Gasteiger charge is 2.49. The average Bonchev–Trinajstić information content (AvgIpc) is 2.52. The van der Waals surface area contributed by atoms with Crippen LogP contribution in [0.5, 0.6) is 0 Å². The van der Waals surface area contributed by atoms with Gasteiger partial charge in [-0.3, -0.25) is 9.59 Å². The Balaban J connectivity index is 2.59. The van der Waals surface area contributed by atoms with Gasteiger partial charge < -0.3 is 10.1 Å². The van der Waals surface area contributed by atoms with E-state index in [1.54, 1.807) is 25.1 Å². The molecule has 4 nitrogen and oxygen atoms in total. The van der Waals surface area contributed by atoms with Crippen molar-refractivity contribution in [2.24, 2.45) is 0 Å². The van der Waals surface area contributed by atoms with Crippen LogP contribution >= 0.6 is 0 Å². The van der Waals surface area contributed by atoms with E-state index >= 15 is 0 Å². The quantitative estimate of drug-likeness (QED) is 0.551. The number of hydrogen-bond donors (Lipinski definition) is 1. The fourth-order valence-corrected chi connectivity index (χ4v) is 1.80. The van der Waals surface area contributed by atoms with Crippen molar-refractivity contribution in [3.05, 3.63) is 29.8 Å². The maximum absolute atomic E-state index is 11.7. The summed E-state index contributed by atoms with van der Waals surface area (Å²) in [5.74, 6) is -0.875. The van der Waals surface area contributed by atoms with Gasteiger partial charge in [-0.15, -0.1) is 0 Å². The highest BCUT2D eigenvalue weighted by atomic mass is 16.5. The SMILES string of the molecule is COC(=O)C1(C)C(=O)Nc2ccccc21. The van der Waals surface area contributed by atoms with Gasteiger partial charge in [0.25, 0.3) is 0 Å². The van der Waals surface area contributed by atoms with E-state index in [2.05, 4.69) is 10.1 Å². The Hall–Kier alpha value is -1.84. The zero-order valence-corrected chi connectivity index (χ0v) is 8.53. The molecule has 1 unspecified atom stereocenters. The number of benzene rings is 1. The number of para-hydroxylation sites is 1. The highest BCUT2D eigenvalue weighted by molar-refractivity contribution is 6.18. The Kier molecular flexibility index (Phi) is 2.00. The number of methoxy groups -OCH3 is 1. The summed E-state index contributed by atoms with van der Waals surface area (Å²) in [6.45, 7) is 1.57. The van der Waals surface area contributed by atoms with E-state index in [9.17, 15) is 9.59 Å². The third kappa shape index (κ3) is 1.14. The molecule has 1 aliphatic heterocycles. The summed E-state index contributed by atoms with van der Waals surface area (Å²) in [7, 11) is 1.28. The molecule has 2 rings (SSSR count). The normalized spacial score (nSPS) is 23.2. The molecule has 1 aromatic carbocycles. The maximum Gasteiger partial charge on any atom is 0.325 e. The number of carbonyl (C=O) groups excluding carboxylic acids is 2. The van der Waals surface area contributed by atoms with Crippen LogP contribution in [0.2, 0.25) is 0 Å². The molecule has 15 heavy (non-hydrogen) atoms. The first-order valence-electron chi connectivity index (χ1n) is 4.60. The molecule has 78 valence electrons. The van der Waals surface area contributed by atoms with Crippen LogP contribution in [0.1, 0.15) is 12.5 Å². The highest BCUT2D eigenvalue weighted by Crippen LogP contribution is 2.38. The van der Waals surface area contributed by atoms with Crippen LogP contribution in [0, 0.1) is 0 Å². The van der Waals surface area contributed by atoms with Crippen molar-refractivity contribution in [2.45, 2.75) is 12.3 Å². The second kappa shape index (κ2) is 3.08. The first-order valence-corrected chi connectivity index (χ1v) is 4.60. The molecule has 1 N–H and O–H groups in total. The van der Waals surface area contributed by atoms with Crippen molar-refractivity contribution >= 4 is 17.6 Å². The molecule has 1 atom stereocenters. The summed E-state index contributed by atoms with van der Waals surface area (Å²) in [6.07, 6.45) is 0. The molecule has 0 saturated heterocycles. The first kappa shape index (κ1) is 9.71. The summed E-state index contributed by atoms with van der Waals surface area (Å²) >= 11 is 0. The lowest BCUT2D eigenvalue weighted by molar-refractivity contribution is -0.150. The molecule has 0 spiro atoms. The number of carbonyl (C=O) groups is 2. The molecule has 1 amide bonds. The number of anilines is 1. The summed E-state index contributed by atoms with van der Waals surface area (Å²) in [5.41, 5.74) is 0.128. The monoisotopic (exact) mass is 205 g/mol. The molecule has 0 aliphatic carbocycles. The molecule has 0 aromatic heterocycles. The van der Waals surface area contributed by atoms with Crippen LogP contribution in [-0.4, -0.2) is 19.0 Å². The smallest absolute Gasteiger partial charge is 0.325 e. The molecule has 4 heteroatoms. The molecular formula is C11H11NO3. The predicted octanol–water partition coefficient (Wildman–Crippen LogP) is 1.07. The number of hydrogen-bond acceptors (Lipinski definition) is 3. The van der Waals surface area contributed by atoms with Crippen molar-refractivity contribution in [1.82, 2.24) is 0 Å². The van der Waals surface area contributed by atoms with E-state index in [-0.39, 0.29) is 5.91 Å². The van der Waals surface area contributed by atoms with Crippen LogP contribution in [-0.2, 0) is 19.7 Å². The van der Waals surface area contributed by atoms with Gasteiger partial charge in [-0.25, -0.2) is 0 Å². The number of esters is 1. The molecular weight excluding hydrogens is 194 g/mol. The number of rotatable bonds is 1. The van der Waals surface area contributed by atoms with Crippen LogP contribution < -0.4 is 5.32 Å². The van der Waals surface area contributed by atoms with Gasteiger partial charge in [-0.2, -0.15) is 0 Å². The van der Waals surface area contributed by atoms with Crippen LogP contribution in [0.25, 0.3) is 0 Å². The predicted molar refractivity (Wildman–Crippen MR) is 54.4 cm³/mol. The first-order chi connectivity index (χ1) is 7.10. The lowest BCUT2D eigenvalue weighted by Gasteiger charge is -2.18. The number of nitrogens with one attached hydrogen (secondary N) is 1. The van der Waals surface area contributed by atoms with Crippen LogP contribution in [0.3, 0.4) is 0 Å². The van der Waals surface area contributed by atoms with E-state index in [0.717, 1.165) is 0 Å². The largest absolute Gasteiger partial charge is 0.468 e. The van der Waals surface area contributed by atoms with Gasteiger partial charge in [0.15, 0.2) is 5.41 Å². The zero-order valence-electron chi connectivity index (χ0n) is 8.53. The minimum atomic E-state index is -1.22. The van der Waals surface area contributed by atoms with Gasteiger partial charge in [0.2, 0.25) is 5.91 Å². The number of fused-ring (bicyclic) bond motifs is 1. The average molecular weight is 205 g/mol. The molecule has 1 heterocycles. The number of ether oxygens (including phenoxy) is 1. The number of amides is 1. The van der Waals surface area contributed by atoms with Crippen molar-refractivity contribution in [3.63, 3.8) is 0 Å². The molecule has 1 aromatic rings. The van der Waals surface area contributed by atoms with Gasteiger partial charge >= 0.3 is 5.97 Å². The Labute approximate surface area is 87.2 Å². The van der Waals surface area contributed by atoms with E-state index in [0.29, 0.717) is 11.3 Å². The Morgan fingerprint density at radius 3 is 2.73 bits per heavy atom. The Morgan fingerprint density at radius 1 is 1.40 bits per heavy atom. The molecule has 0 radical (unpaired) electrons. The lowest BCUT2D eigenvalue weighted by atomic mass is 9.84. The third-order valence-electron chi connectivity index (χ3n) is 2.76. The van der Waals surface area contributed by atoms with E-state index in [1.807, 2.05) is 6.07 Å². The Morgan fingerprint density at radius 2 is 2.07 bits per heavy atom. The minimum Gasteiger partial charge on any atom is -0.468 e. The van der Waals surface area contributed by atoms with E-state index < -0.39 is 11.4 Å². The summed E-state index contributed by atoms with van der Waals surface area (Å²) in [6, 6.07) is 7.12. The van der Waals surface area contributed by atoms with Gasteiger partial charge in [0, 0.05) is 11.3 Å². The van der Waals surface area contributed by atoms with Crippen molar-refractivity contribution in [2.75, 3.05) is 12.4 Å². The molecule has 0 fully saturated rings. The van der Waals surface area contributed by atoms with Gasteiger partial charge in [0.1, 0.15) is 0 Å². The van der Waals surface area contributed by atoms with Gasteiger partial charge in [-0.1, -0.05) is 18.2 Å². The van der Waals surface area contributed by atoms with Gasteiger partial charge in [-0.05, 0) is 13.0 Å². The molecule has 0 bridgehead atoms. The fourth-order valence-electron chi connectivity index (χ4n) is 1.80. The topological polar surface area (TPSA) is 55.4 Å². The summed E-state index contributed by atoms with van der Waals surface area (Å²) in [4.78, 5) is 23.4.